The Morgan fingerprint density at radius 2 is 1.46 bits per heavy atom. The molecule has 5 heteroatoms. The van der Waals surface area contributed by atoms with Gasteiger partial charge in [0.15, 0.2) is 0 Å². The van der Waals surface area contributed by atoms with E-state index in [1.807, 2.05) is 42.5 Å². The summed E-state index contributed by atoms with van der Waals surface area (Å²) >= 11 is 0. The highest BCUT2D eigenvalue weighted by atomic mass is 16.6. The molecule has 24 heavy (non-hydrogen) atoms. The SMILES string of the molecule is O=C(Oc1ccccc1-c1ccccc1)c1ccc([N+](=O)[O-])cc1. The maximum atomic E-state index is 12.3. The first-order valence-corrected chi connectivity index (χ1v) is 7.26. The van der Waals surface area contributed by atoms with Crippen molar-refractivity contribution in [2.75, 3.05) is 0 Å². The standard InChI is InChI=1S/C19H13NO4/c21-19(15-10-12-16(13-11-15)20(22)23)24-18-9-5-4-8-17(18)14-6-2-1-3-7-14/h1-13H. The van der Waals surface area contributed by atoms with Crippen LogP contribution < -0.4 is 4.74 Å². The lowest BCUT2D eigenvalue weighted by Crippen LogP contribution is -2.09. The van der Waals surface area contributed by atoms with Crippen LogP contribution in [0.3, 0.4) is 0 Å². The molecular formula is C19H13NO4. The molecule has 118 valence electrons. The summed E-state index contributed by atoms with van der Waals surface area (Å²) in [5.74, 6) is -0.125. The van der Waals surface area contributed by atoms with Crippen LogP contribution in [0, 0.1) is 10.1 Å². The van der Waals surface area contributed by atoms with E-state index in [1.165, 1.54) is 24.3 Å². The Hall–Kier alpha value is -3.47. The van der Waals surface area contributed by atoms with Crippen LogP contribution in [-0.2, 0) is 0 Å². The van der Waals surface area contributed by atoms with Crippen LogP contribution in [0.5, 0.6) is 5.75 Å². The van der Waals surface area contributed by atoms with Crippen LogP contribution in [0.25, 0.3) is 11.1 Å². The van der Waals surface area contributed by atoms with E-state index in [2.05, 4.69) is 0 Å². The number of benzene rings is 3. The number of ether oxygens (including phenoxy) is 1. The number of nitrogens with zero attached hydrogens (tertiary/aromatic N) is 1. The van der Waals surface area contributed by atoms with Gasteiger partial charge in [-0.05, 0) is 23.8 Å². The van der Waals surface area contributed by atoms with Crippen LogP contribution in [0.2, 0.25) is 0 Å². The maximum absolute atomic E-state index is 12.3. The third-order valence-electron chi connectivity index (χ3n) is 3.49. The number of hydrogen-bond donors (Lipinski definition) is 0. The molecule has 0 aliphatic heterocycles. The molecule has 0 amide bonds. The monoisotopic (exact) mass is 319 g/mol. The lowest BCUT2D eigenvalue weighted by atomic mass is 10.0. The summed E-state index contributed by atoms with van der Waals surface area (Å²) in [4.78, 5) is 22.4. The van der Waals surface area contributed by atoms with E-state index in [9.17, 15) is 14.9 Å². The Morgan fingerprint density at radius 3 is 2.12 bits per heavy atom. The van der Waals surface area contributed by atoms with Crippen LogP contribution in [0.1, 0.15) is 10.4 Å². The van der Waals surface area contributed by atoms with Crippen molar-refractivity contribution in [2.45, 2.75) is 0 Å². The predicted octanol–water partition coefficient (Wildman–Crippen LogP) is 4.48. The Morgan fingerprint density at radius 1 is 0.833 bits per heavy atom. The average Bonchev–Trinajstić information content (AvgIpc) is 2.63. The molecule has 0 fully saturated rings. The van der Waals surface area contributed by atoms with Crippen molar-refractivity contribution in [1.82, 2.24) is 0 Å². The highest BCUT2D eigenvalue weighted by Crippen LogP contribution is 2.30. The van der Waals surface area contributed by atoms with Crippen molar-refractivity contribution in [3.05, 3.63) is 94.5 Å². The molecule has 0 aliphatic rings. The molecular weight excluding hydrogens is 306 g/mol. The van der Waals surface area contributed by atoms with Gasteiger partial charge < -0.3 is 4.74 Å². The molecule has 3 rings (SSSR count). The van der Waals surface area contributed by atoms with Crippen molar-refractivity contribution in [3.63, 3.8) is 0 Å². The summed E-state index contributed by atoms with van der Waals surface area (Å²) < 4.78 is 5.48. The van der Waals surface area contributed by atoms with Gasteiger partial charge in [0.25, 0.3) is 5.69 Å². The highest BCUT2D eigenvalue weighted by Gasteiger charge is 2.14. The van der Waals surface area contributed by atoms with Gasteiger partial charge in [-0.2, -0.15) is 0 Å². The zero-order chi connectivity index (χ0) is 16.9. The number of non-ortho nitro benzene ring substituents is 1. The molecule has 0 saturated carbocycles. The van der Waals surface area contributed by atoms with E-state index in [0.717, 1.165) is 11.1 Å². The molecule has 0 spiro atoms. The van der Waals surface area contributed by atoms with E-state index in [0.29, 0.717) is 5.75 Å². The van der Waals surface area contributed by atoms with Gasteiger partial charge in [-0.25, -0.2) is 4.79 Å². The Kier molecular flexibility index (Phi) is 4.34. The number of nitro groups is 1. The zero-order valence-corrected chi connectivity index (χ0v) is 12.6. The molecule has 5 nitrogen and oxygen atoms in total. The van der Waals surface area contributed by atoms with Crippen molar-refractivity contribution in [1.29, 1.82) is 0 Å². The van der Waals surface area contributed by atoms with E-state index in [-0.39, 0.29) is 11.3 Å². The second kappa shape index (κ2) is 6.75. The van der Waals surface area contributed by atoms with Gasteiger partial charge in [0.1, 0.15) is 5.75 Å². The minimum atomic E-state index is -0.562. The normalized spacial score (nSPS) is 10.2. The van der Waals surface area contributed by atoms with Crippen molar-refractivity contribution in [3.8, 4) is 16.9 Å². The van der Waals surface area contributed by atoms with Gasteiger partial charge in [-0.3, -0.25) is 10.1 Å². The molecule has 0 heterocycles. The molecule has 0 unspecified atom stereocenters. The molecule has 0 radical (unpaired) electrons. The second-order valence-electron chi connectivity index (χ2n) is 5.06. The van der Waals surface area contributed by atoms with E-state index >= 15 is 0 Å². The number of esters is 1. The number of hydrogen-bond acceptors (Lipinski definition) is 4. The van der Waals surface area contributed by atoms with E-state index in [1.54, 1.807) is 12.1 Å². The summed E-state index contributed by atoms with van der Waals surface area (Å²) in [5.41, 5.74) is 1.91. The smallest absolute Gasteiger partial charge is 0.343 e. The van der Waals surface area contributed by atoms with Gasteiger partial charge in [-0.1, -0.05) is 48.5 Å². The second-order valence-corrected chi connectivity index (χ2v) is 5.06. The number of para-hydroxylation sites is 1. The van der Waals surface area contributed by atoms with E-state index in [4.69, 9.17) is 4.74 Å². The fourth-order valence-corrected chi connectivity index (χ4v) is 2.29. The number of nitro benzene ring substituents is 1. The topological polar surface area (TPSA) is 69.4 Å². The molecule has 0 aliphatic carbocycles. The lowest BCUT2D eigenvalue weighted by molar-refractivity contribution is -0.384. The number of rotatable bonds is 4. The minimum Gasteiger partial charge on any atom is -0.422 e. The van der Waals surface area contributed by atoms with Crippen molar-refractivity contribution in [2.24, 2.45) is 0 Å². The van der Waals surface area contributed by atoms with Crippen LogP contribution in [0.15, 0.2) is 78.9 Å². The van der Waals surface area contributed by atoms with Crippen LogP contribution >= 0.6 is 0 Å². The first kappa shape index (κ1) is 15.4. The van der Waals surface area contributed by atoms with Gasteiger partial charge in [0.05, 0.1) is 10.5 Å². The van der Waals surface area contributed by atoms with Gasteiger partial charge >= 0.3 is 5.97 Å². The quantitative estimate of drug-likeness (QED) is 0.308. The summed E-state index contributed by atoms with van der Waals surface area (Å²) in [6.45, 7) is 0. The fourth-order valence-electron chi connectivity index (χ4n) is 2.29. The summed E-state index contributed by atoms with van der Waals surface area (Å²) in [5, 5.41) is 10.7. The molecule has 3 aromatic carbocycles. The Labute approximate surface area is 138 Å². The highest BCUT2D eigenvalue weighted by molar-refractivity contribution is 5.92. The summed E-state index contributed by atoms with van der Waals surface area (Å²) in [6, 6.07) is 22.1. The van der Waals surface area contributed by atoms with Gasteiger partial charge in [0.2, 0.25) is 0 Å². The third-order valence-corrected chi connectivity index (χ3v) is 3.49. The first-order chi connectivity index (χ1) is 11.6. The van der Waals surface area contributed by atoms with Gasteiger partial charge in [0, 0.05) is 17.7 Å². The molecule has 0 atom stereocenters. The number of carbonyl (C=O) groups excluding carboxylic acids is 1. The molecule has 0 saturated heterocycles. The number of carbonyl (C=O) groups is 1. The molecule has 0 N–H and O–H groups in total. The largest absolute Gasteiger partial charge is 0.422 e. The maximum Gasteiger partial charge on any atom is 0.343 e. The molecule has 0 aromatic heterocycles. The molecule has 0 bridgehead atoms. The van der Waals surface area contributed by atoms with E-state index < -0.39 is 10.9 Å². The molecule has 3 aromatic rings. The van der Waals surface area contributed by atoms with Gasteiger partial charge in [-0.15, -0.1) is 0 Å². The first-order valence-electron chi connectivity index (χ1n) is 7.26. The van der Waals surface area contributed by atoms with Crippen LogP contribution in [-0.4, -0.2) is 10.9 Å². The average molecular weight is 319 g/mol. The summed E-state index contributed by atoms with van der Waals surface area (Å²) in [7, 11) is 0. The van der Waals surface area contributed by atoms with Crippen molar-refractivity contribution < 1.29 is 14.5 Å². The zero-order valence-electron chi connectivity index (χ0n) is 12.6. The predicted molar refractivity (Wildman–Crippen MR) is 89.9 cm³/mol. The van der Waals surface area contributed by atoms with Crippen molar-refractivity contribution >= 4 is 11.7 Å². The minimum absolute atomic E-state index is 0.0729. The summed E-state index contributed by atoms with van der Waals surface area (Å²) in [6.07, 6.45) is 0. The lowest BCUT2D eigenvalue weighted by Gasteiger charge is -2.10. The Balaban J connectivity index is 1.86. The fraction of sp³-hybridized carbons (Fsp3) is 0. The Bertz CT molecular complexity index is 873. The van der Waals surface area contributed by atoms with Crippen LogP contribution in [0.4, 0.5) is 5.69 Å². The third kappa shape index (κ3) is 3.30.